The number of sulfonamides is 1. The van der Waals surface area contributed by atoms with Gasteiger partial charge in [-0.1, -0.05) is 29.0 Å². The van der Waals surface area contributed by atoms with Crippen LogP contribution in [0.3, 0.4) is 0 Å². The van der Waals surface area contributed by atoms with Crippen molar-refractivity contribution in [3.05, 3.63) is 64.3 Å². The number of carbonyl (C=O) groups excluding carboxylic acids is 1. The number of fused-ring (bicyclic) bond motifs is 1. The van der Waals surface area contributed by atoms with Crippen LogP contribution in [0.2, 0.25) is 5.02 Å². The summed E-state index contributed by atoms with van der Waals surface area (Å²) in [7, 11) is -3.63. The van der Waals surface area contributed by atoms with Gasteiger partial charge in [0.2, 0.25) is 15.2 Å². The van der Waals surface area contributed by atoms with Gasteiger partial charge in [-0.2, -0.15) is 14.1 Å². The summed E-state index contributed by atoms with van der Waals surface area (Å²) in [6.07, 6.45) is 0. The van der Waals surface area contributed by atoms with Gasteiger partial charge in [-0.3, -0.25) is 4.79 Å². The molecule has 3 heterocycles. The van der Waals surface area contributed by atoms with E-state index >= 15 is 0 Å². The number of aryl methyl sites for hydroxylation is 2. The molecule has 2 aromatic heterocycles. The summed E-state index contributed by atoms with van der Waals surface area (Å²) in [5.41, 5.74) is 2.81. The molecule has 0 spiro atoms. The van der Waals surface area contributed by atoms with E-state index in [1.54, 1.807) is 10.7 Å². The first kappa shape index (κ1) is 23.9. The fourth-order valence-corrected chi connectivity index (χ4v) is 6.51. The molecular formula is C23H22ClN5O4S2. The number of ether oxygens (including phenoxy) is 1. The molecule has 182 valence electrons. The Bertz CT molecular complexity index is 1480. The van der Waals surface area contributed by atoms with Gasteiger partial charge in [0, 0.05) is 24.7 Å². The lowest BCUT2D eigenvalue weighted by Crippen LogP contribution is -2.40. The van der Waals surface area contributed by atoms with Gasteiger partial charge in [-0.05, 0) is 49.7 Å². The second-order valence-electron chi connectivity index (χ2n) is 8.12. The highest BCUT2D eigenvalue weighted by Gasteiger charge is 2.26. The largest absolute Gasteiger partial charge is 0.379 e. The van der Waals surface area contributed by atoms with Gasteiger partial charge in [-0.15, -0.1) is 0 Å². The Morgan fingerprint density at radius 3 is 2.51 bits per heavy atom. The second-order valence-corrected chi connectivity index (χ2v) is 11.4. The van der Waals surface area contributed by atoms with Gasteiger partial charge < -0.3 is 10.1 Å². The number of halogens is 1. The van der Waals surface area contributed by atoms with Gasteiger partial charge in [0.1, 0.15) is 5.82 Å². The summed E-state index contributed by atoms with van der Waals surface area (Å²) in [5, 5.41) is 8.54. The van der Waals surface area contributed by atoms with Crippen LogP contribution in [0.25, 0.3) is 15.3 Å². The van der Waals surface area contributed by atoms with E-state index in [4.69, 9.17) is 16.3 Å². The third-order valence-corrected chi connectivity index (χ3v) is 9.07. The Balaban J connectivity index is 1.39. The number of benzene rings is 2. The Hall–Kier alpha value is -2.83. The molecule has 1 saturated heterocycles. The number of morpholine rings is 1. The number of aromatic nitrogens is 3. The third-order valence-electron chi connectivity index (χ3n) is 5.66. The van der Waals surface area contributed by atoms with Crippen molar-refractivity contribution < 1.29 is 17.9 Å². The summed E-state index contributed by atoms with van der Waals surface area (Å²) in [5.74, 6) is 0.0575. The minimum atomic E-state index is -3.63. The highest BCUT2D eigenvalue weighted by molar-refractivity contribution is 7.89. The topological polar surface area (TPSA) is 106 Å². The maximum Gasteiger partial charge on any atom is 0.256 e. The van der Waals surface area contributed by atoms with Crippen LogP contribution in [-0.2, 0) is 14.8 Å². The van der Waals surface area contributed by atoms with Crippen LogP contribution < -0.4 is 5.32 Å². The normalized spacial score (nSPS) is 14.9. The first-order valence-corrected chi connectivity index (χ1v) is 13.5. The Kier molecular flexibility index (Phi) is 6.36. The first-order chi connectivity index (χ1) is 16.7. The molecule has 9 nitrogen and oxygen atoms in total. The zero-order valence-electron chi connectivity index (χ0n) is 19.0. The minimum Gasteiger partial charge on any atom is -0.379 e. The second kappa shape index (κ2) is 9.32. The third kappa shape index (κ3) is 4.57. The van der Waals surface area contributed by atoms with Gasteiger partial charge in [0.15, 0.2) is 0 Å². The van der Waals surface area contributed by atoms with Gasteiger partial charge in [-0.25, -0.2) is 13.4 Å². The molecule has 1 aliphatic heterocycles. The Labute approximate surface area is 211 Å². The smallest absolute Gasteiger partial charge is 0.256 e. The van der Waals surface area contributed by atoms with Crippen LogP contribution in [0.15, 0.2) is 47.4 Å². The molecule has 0 atom stereocenters. The number of carbonyl (C=O) groups is 1. The zero-order valence-corrected chi connectivity index (χ0v) is 21.4. The van der Waals surface area contributed by atoms with Crippen LogP contribution in [0.5, 0.6) is 0 Å². The van der Waals surface area contributed by atoms with Crippen molar-refractivity contribution in [1.82, 2.24) is 19.1 Å². The Morgan fingerprint density at radius 1 is 1.11 bits per heavy atom. The molecule has 1 N–H and O–H groups in total. The molecule has 2 aromatic carbocycles. The summed E-state index contributed by atoms with van der Waals surface area (Å²) in [6.45, 7) is 5.14. The van der Waals surface area contributed by atoms with Crippen molar-refractivity contribution in [3.8, 4) is 5.13 Å². The van der Waals surface area contributed by atoms with E-state index in [0.717, 1.165) is 15.8 Å². The zero-order chi connectivity index (χ0) is 24.7. The molecule has 5 rings (SSSR count). The lowest BCUT2D eigenvalue weighted by atomic mass is 10.2. The maximum atomic E-state index is 13.0. The SMILES string of the molecule is Cc1cc(NC(=O)c2ccc(S(=O)(=O)N3CCOCC3)cc2)n(-c2nc3c(C)ccc(Cl)c3s2)n1. The molecule has 12 heteroatoms. The van der Waals surface area contributed by atoms with Crippen molar-refractivity contribution in [2.24, 2.45) is 0 Å². The number of anilines is 1. The van der Waals surface area contributed by atoms with Crippen LogP contribution in [-0.4, -0.2) is 59.7 Å². The molecule has 4 aromatic rings. The van der Waals surface area contributed by atoms with E-state index in [-0.39, 0.29) is 4.90 Å². The molecule has 0 radical (unpaired) electrons. The highest BCUT2D eigenvalue weighted by Crippen LogP contribution is 2.34. The van der Waals surface area contributed by atoms with E-state index in [1.165, 1.54) is 39.9 Å². The van der Waals surface area contributed by atoms with E-state index in [2.05, 4.69) is 15.4 Å². The minimum absolute atomic E-state index is 0.138. The van der Waals surface area contributed by atoms with Crippen molar-refractivity contribution in [2.75, 3.05) is 31.6 Å². The van der Waals surface area contributed by atoms with E-state index in [0.29, 0.717) is 53.5 Å². The highest BCUT2D eigenvalue weighted by atomic mass is 35.5. The fraction of sp³-hybridized carbons (Fsp3) is 0.261. The number of nitrogens with one attached hydrogen (secondary N) is 1. The number of rotatable bonds is 5. The molecule has 0 bridgehead atoms. The van der Waals surface area contributed by atoms with E-state index in [9.17, 15) is 13.2 Å². The van der Waals surface area contributed by atoms with Gasteiger partial charge in [0.05, 0.1) is 39.0 Å². The summed E-state index contributed by atoms with van der Waals surface area (Å²) in [6, 6.07) is 11.4. The number of thiazole rings is 1. The summed E-state index contributed by atoms with van der Waals surface area (Å²) < 4.78 is 34.7. The monoisotopic (exact) mass is 531 g/mol. The molecular weight excluding hydrogens is 510 g/mol. The molecule has 1 fully saturated rings. The molecule has 0 unspecified atom stereocenters. The number of hydrogen-bond acceptors (Lipinski definition) is 7. The van der Waals surface area contributed by atoms with Crippen molar-refractivity contribution >= 4 is 54.9 Å². The molecule has 0 aliphatic carbocycles. The Morgan fingerprint density at radius 2 is 1.83 bits per heavy atom. The fourth-order valence-electron chi connectivity index (χ4n) is 3.82. The number of amides is 1. The first-order valence-electron chi connectivity index (χ1n) is 10.9. The van der Waals surface area contributed by atoms with Crippen LogP contribution in [0.4, 0.5) is 5.82 Å². The predicted octanol–water partition coefficient (Wildman–Crippen LogP) is 4.03. The van der Waals surface area contributed by atoms with E-state index in [1.807, 2.05) is 26.0 Å². The molecule has 1 amide bonds. The van der Waals surface area contributed by atoms with Crippen molar-refractivity contribution in [3.63, 3.8) is 0 Å². The maximum absolute atomic E-state index is 13.0. The standard InChI is InChI=1S/C23H22ClN5O4S2/c1-14-3-8-18(24)21-20(14)26-23(34-21)29-19(13-15(2)27-29)25-22(30)16-4-6-17(7-5-16)35(31,32)28-9-11-33-12-10-28/h3-8,13H,9-12H2,1-2H3,(H,25,30). The lowest BCUT2D eigenvalue weighted by molar-refractivity contribution is 0.0730. The van der Waals surface area contributed by atoms with E-state index < -0.39 is 15.9 Å². The predicted molar refractivity (Wildman–Crippen MR) is 135 cm³/mol. The average molecular weight is 532 g/mol. The summed E-state index contributed by atoms with van der Waals surface area (Å²) >= 11 is 7.74. The van der Waals surface area contributed by atoms with Crippen LogP contribution in [0.1, 0.15) is 21.6 Å². The lowest BCUT2D eigenvalue weighted by Gasteiger charge is -2.26. The quantitative estimate of drug-likeness (QED) is 0.417. The molecule has 1 aliphatic rings. The molecule has 0 saturated carbocycles. The number of nitrogens with zero attached hydrogens (tertiary/aromatic N) is 4. The van der Waals surface area contributed by atoms with Crippen molar-refractivity contribution in [2.45, 2.75) is 18.7 Å². The van der Waals surface area contributed by atoms with Crippen molar-refractivity contribution in [1.29, 1.82) is 0 Å². The number of hydrogen-bond donors (Lipinski definition) is 1. The average Bonchev–Trinajstić information content (AvgIpc) is 3.46. The summed E-state index contributed by atoms with van der Waals surface area (Å²) in [4.78, 5) is 17.8. The van der Waals surface area contributed by atoms with Crippen LogP contribution >= 0.6 is 22.9 Å². The van der Waals surface area contributed by atoms with Gasteiger partial charge >= 0.3 is 0 Å². The van der Waals surface area contributed by atoms with Gasteiger partial charge in [0.25, 0.3) is 5.91 Å². The van der Waals surface area contributed by atoms with Crippen LogP contribution in [0, 0.1) is 13.8 Å². The molecule has 35 heavy (non-hydrogen) atoms.